The predicted octanol–water partition coefficient (Wildman–Crippen LogP) is 5.85. The summed E-state index contributed by atoms with van der Waals surface area (Å²) in [7, 11) is 0. The van der Waals surface area contributed by atoms with Crippen LogP contribution in [0.1, 0.15) is 0 Å². The lowest BCUT2D eigenvalue weighted by Gasteiger charge is -2.39. The molecule has 0 amide bonds. The summed E-state index contributed by atoms with van der Waals surface area (Å²) < 4.78 is 36.5. The largest absolute Gasteiger partial charge is 0.506 e. The molecule has 0 aliphatic carbocycles. The SMILES string of the molecule is OC[C@@H]1O[C@H](OCCOc2cc(OCCO[C@H]3O[C@@H](CO)[C@H](O)[C@@H](O)[C@@H]3O)c(-c3c4ccccc4c(-c4cccnc4)c4ccccc34)c(O)c2-c2c3ccccc3c(-c3cccnc3)c3ccccc23)[C@@H](O)[C@H](O)[C@H]1O. The van der Waals surface area contributed by atoms with Crippen LogP contribution in [-0.4, -0.2) is 157 Å². The number of hydrogen-bond acceptors (Lipinski definition) is 17. The molecular weight excluding hydrogens is 989 g/mol. The first-order chi connectivity index (χ1) is 37.6. The summed E-state index contributed by atoms with van der Waals surface area (Å²) in [6.07, 6.45) is -8.11. The molecule has 11 rings (SSSR count). The van der Waals surface area contributed by atoms with Gasteiger partial charge in [-0.2, -0.15) is 0 Å². The number of pyridine rings is 2. The van der Waals surface area contributed by atoms with Gasteiger partial charge in [0, 0.05) is 53.1 Å². The highest BCUT2D eigenvalue weighted by atomic mass is 16.7. The smallest absolute Gasteiger partial charge is 0.186 e. The molecule has 0 unspecified atom stereocenters. The summed E-state index contributed by atoms with van der Waals surface area (Å²) in [4.78, 5) is 8.95. The van der Waals surface area contributed by atoms with Gasteiger partial charge in [-0.05, 0) is 66.3 Å². The summed E-state index contributed by atoms with van der Waals surface area (Å²) >= 11 is 0. The van der Waals surface area contributed by atoms with Crippen molar-refractivity contribution in [2.75, 3.05) is 39.6 Å². The Bertz CT molecular complexity index is 3210. The van der Waals surface area contributed by atoms with Gasteiger partial charge in [0.15, 0.2) is 12.6 Å². The number of benzene rings is 7. The standard InChI is InChI=1S/C60H56N2O15/c63-30-44-52(65)55(68)57(70)59(76-44)74-25-23-72-42-27-43(73-24-26-75-60-58(71)56(69)53(66)45(31-64)77-60)51(49-40-19-7-3-15-36(40)47(33-12-10-22-62-29-33)37-16-4-8-20-41(37)49)54(67)50(42)48-38-17-5-1-13-34(38)46(32-11-9-21-61-28-32)35-14-2-6-18-39(35)48/h1-22,27-29,44-45,52-53,55-60,63-71H,23-26,30-31H2/t44-,45-,52-,53-,55+,56+,57-,58-,59-,60-/m0/s1. The van der Waals surface area contributed by atoms with Crippen molar-refractivity contribution in [2.45, 2.75) is 61.4 Å². The molecule has 2 aromatic heterocycles. The van der Waals surface area contributed by atoms with Crippen LogP contribution in [0.2, 0.25) is 0 Å². The minimum Gasteiger partial charge on any atom is -0.506 e. The number of rotatable bonds is 16. The van der Waals surface area contributed by atoms with Crippen LogP contribution < -0.4 is 9.47 Å². The number of aromatic nitrogens is 2. The van der Waals surface area contributed by atoms with Crippen molar-refractivity contribution in [1.29, 1.82) is 0 Å². The van der Waals surface area contributed by atoms with E-state index in [-0.39, 0.29) is 54.8 Å². The molecule has 0 radical (unpaired) electrons. The maximum atomic E-state index is 13.8. The first-order valence-corrected chi connectivity index (χ1v) is 25.3. The van der Waals surface area contributed by atoms with Gasteiger partial charge in [-0.15, -0.1) is 0 Å². The van der Waals surface area contributed by atoms with E-state index in [9.17, 15) is 46.0 Å². The van der Waals surface area contributed by atoms with Crippen LogP contribution in [0.3, 0.4) is 0 Å². The molecule has 396 valence electrons. The van der Waals surface area contributed by atoms with Gasteiger partial charge >= 0.3 is 0 Å². The Morgan fingerprint density at radius 1 is 0.390 bits per heavy atom. The zero-order valence-corrected chi connectivity index (χ0v) is 41.3. The summed E-state index contributed by atoms with van der Waals surface area (Å²) in [6, 6.07) is 40.9. The predicted molar refractivity (Wildman–Crippen MR) is 286 cm³/mol. The van der Waals surface area contributed by atoms with Crippen molar-refractivity contribution in [2.24, 2.45) is 0 Å². The van der Waals surface area contributed by atoms with Crippen LogP contribution >= 0.6 is 0 Å². The third kappa shape index (κ3) is 9.60. The topological polar surface area (TPSA) is 263 Å². The molecule has 2 aliphatic rings. The molecule has 0 bridgehead atoms. The second kappa shape index (κ2) is 22.4. The fourth-order valence-corrected chi connectivity index (χ4v) is 10.8. The van der Waals surface area contributed by atoms with Gasteiger partial charge < -0.3 is 74.4 Å². The lowest BCUT2D eigenvalue weighted by Crippen LogP contribution is -2.59. The van der Waals surface area contributed by atoms with E-state index in [0.29, 0.717) is 11.1 Å². The fraction of sp³-hybridized carbons (Fsp3) is 0.267. The minimum absolute atomic E-state index is 0.138. The minimum atomic E-state index is -1.67. The maximum Gasteiger partial charge on any atom is 0.186 e. The number of phenolic OH excluding ortho intramolecular Hbond substituents is 1. The van der Waals surface area contributed by atoms with Crippen LogP contribution in [-0.2, 0) is 18.9 Å². The van der Waals surface area contributed by atoms with Crippen LogP contribution in [0.4, 0.5) is 0 Å². The highest BCUT2D eigenvalue weighted by molar-refractivity contribution is 6.25. The van der Waals surface area contributed by atoms with Crippen LogP contribution in [0.25, 0.3) is 87.6 Å². The first-order valence-electron chi connectivity index (χ1n) is 25.3. The van der Waals surface area contributed by atoms with Gasteiger partial charge in [-0.1, -0.05) is 109 Å². The van der Waals surface area contributed by atoms with Gasteiger partial charge in [0.05, 0.1) is 37.6 Å². The van der Waals surface area contributed by atoms with E-state index in [1.807, 2.05) is 134 Å². The molecule has 17 heteroatoms. The number of fused-ring (bicyclic) bond motifs is 4. The average Bonchev–Trinajstić information content (AvgIpc) is 3.58. The summed E-state index contributed by atoms with van der Waals surface area (Å²) in [5, 5.41) is 104. The summed E-state index contributed by atoms with van der Waals surface area (Å²) in [6.45, 7) is -2.25. The summed E-state index contributed by atoms with van der Waals surface area (Å²) in [5.41, 5.74) is 5.39. The van der Waals surface area contributed by atoms with Crippen molar-refractivity contribution in [3.8, 4) is 61.8 Å². The highest BCUT2D eigenvalue weighted by Gasteiger charge is 2.45. The average molecular weight is 1050 g/mol. The van der Waals surface area contributed by atoms with E-state index in [2.05, 4.69) is 9.97 Å². The molecule has 9 aromatic rings. The molecule has 4 heterocycles. The van der Waals surface area contributed by atoms with Crippen LogP contribution in [0.15, 0.2) is 152 Å². The van der Waals surface area contributed by atoms with Crippen molar-refractivity contribution in [3.05, 3.63) is 152 Å². The third-order valence-electron chi connectivity index (χ3n) is 14.4. The van der Waals surface area contributed by atoms with Crippen molar-refractivity contribution < 1.29 is 74.4 Å². The Morgan fingerprint density at radius 3 is 1.04 bits per heavy atom. The lowest BCUT2D eigenvalue weighted by molar-refractivity contribution is -0.301. The number of ether oxygens (including phenoxy) is 6. The van der Waals surface area contributed by atoms with Gasteiger partial charge in [0.2, 0.25) is 0 Å². The van der Waals surface area contributed by atoms with E-state index in [0.717, 1.165) is 65.3 Å². The fourth-order valence-electron chi connectivity index (χ4n) is 10.8. The van der Waals surface area contributed by atoms with Gasteiger partial charge in [-0.3, -0.25) is 9.97 Å². The van der Waals surface area contributed by atoms with Crippen molar-refractivity contribution >= 4 is 43.1 Å². The lowest BCUT2D eigenvalue weighted by atomic mass is 9.82. The molecule has 7 aromatic carbocycles. The Balaban J connectivity index is 1.13. The quantitative estimate of drug-likeness (QED) is 0.0406. The van der Waals surface area contributed by atoms with Crippen molar-refractivity contribution in [3.63, 3.8) is 0 Å². The molecule has 0 saturated carbocycles. The van der Waals surface area contributed by atoms with E-state index in [4.69, 9.17) is 28.4 Å². The molecule has 0 spiro atoms. The molecule has 9 N–H and O–H groups in total. The molecule has 10 atom stereocenters. The third-order valence-corrected chi connectivity index (χ3v) is 14.4. The van der Waals surface area contributed by atoms with Crippen LogP contribution in [0.5, 0.6) is 17.2 Å². The maximum absolute atomic E-state index is 13.8. The molecule has 2 aliphatic heterocycles. The van der Waals surface area contributed by atoms with E-state index in [1.54, 1.807) is 18.5 Å². The second-order valence-electron chi connectivity index (χ2n) is 19.0. The molecule has 2 fully saturated rings. The van der Waals surface area contributed by atoms with E-state index in [1.165, 1.54) is 0 Å². The Hall–Kier alpha value is -7.20. The Morgan fingerprint density at radius 2 is 0.727 bits per heavy atom. The number of aliphatic hydroxyl groups excluding tert-OH is 8. The Kier molecular flexibility index (Phi) is 15.1. The summed E-state index contributed by atoms with van der Waals surface area (Å²) in [5.74, 6) is 0.0492. The molecule has 2 saturated heterocycles. The van der Waals surface area contributed by atoms with Gasteiger partial charge in [0.1, 0.15) is 79.3 Å². The number of phenols is 1. The monoisotopic (exact) mass is 1040 g/mol. The van der Waals surface area contributed by atoms with Crippen molar-refractivity contribution in [1.82, 2.24) is 9.97 Å². The highest BCUT2D eigenvalue weighted by Crippen LogP contribution is 2.57. The second-order valence-corrected chi connectivity index (χ2v) is 19.0. The van der Waals surface area contributed by atoms with E-state index >= 15 is 0 Å². The molecular formula is C60H56N2O15. The number of hydrogen-bond donors (Lipinski definition) is 9. The number of aliphatic hydroxyl groups is 8. The number of aromatic hydroxyl groups is 1. The first kappa shape index (κ1) is 51.9. The zero-order valence-electron chi connectivity index (χ0n) is 41.3. The zero-order chi connectivity index (χ0) is 53.3. The van der Waals surface area contributed by atoms with E-state index < -0.39 is 74.6 Å². The molecule has 77 heavy (non-hydrogen) atoms. The normalized spacial score (nSPS) is 23.7. The van der Waals surface area contributed by atoms with Gasteiger partial charge in [-0.25, -0.2) is 0 Å². The van der Waals surface area contributed by atoms with Crippen LogP contribution in [0, 0.1) is 0 Å². The number of nitrogens with zero attached hydrogens (tertiary/aromatic N) is 2. The Labute approximate surface area is 440 Å². The van der Waals surface area contributed by atoms with Gasteiger partial charge in [0.25, 0.3) is 0 Å². The molecule has 17 nitrogen and oxygen atoms in total.